The van der Waals surface area contributed by atoms with Crippen LogP contribution in [0.4, 0.5) is 26.3 Å². The van der Waals surface area contributed by atoms with E-state index >= 15 is 0 Å². The van der Waals surface area contributed by atoms with Crippen molar-refractivity contribution in [3.05, 3.63) is 118 Å². The van der Waals surface area contributed by atoms with Gasteiger partial charge in [-0.15, -0.1) is 0 Å². The van der Waals surface area contributed by atoms with E-state index in [9.17, 15) is 26.3 Å². The first-order chi connectivity index (χ1) is 25.5. The Morgan fingerprint density at radius 1 is 0.491 bits per heavy atom. The van der Waals surface area contributed by atoms with Gasteiger partial charge in [0.15, 0.2) is 0 Å². The van der Waals surface area contributed by atoms with Gasteiger partial charge in [-0.25, -0.2) is 0 Å². The SMILES string of the molecule is FC(F)(F)c1ccc(-c2ccc3c(c2)C2CC3C(C3CCC3N3CCC4CC3c3cc(-c5ccc(C(F)(F)F)cc5)ccc34)CN2C2CCCC2)cc1. The predicted molar refractivity (Wildman–Crippen MR) is 194 cm³/mol. The second-order valence-electron chi connectivity index (χ2n) is 16.8. The van der Waals surface area contributed by atoms with Gasteiger partial charge in [-0.1, -0.05) is 61.4 Å². The highest BCUT2D eigenvalue weighted by Gasteiger charge is 2.54. The molecule has 53 heavy (non-hydrogen) atoms. The van der Waals surface area contributed by atoms with Gasteiger partial charge < -0.3 is 0 Å². The molecule has 0 N–H and O–H groups in total. The van der Waals surface area contributed by atoms with Crippen molar-refractivity contribution in [1.29, 1.82) is 0 Å². The van der Waals surface area contributed by atoms with Crippen molar-refractivity contribution in [3.63, 3.8) is 0 Å². The average molecular weight is 727 g/mol. The molecule has 0 aromatic heterocycles. The van der Waals surface area contributed by atoms with Crippen molar-refractivity contribution >= 4 is 0 Å². The van der Waals surface area contributed by atoms with Gasteiger partial charge in [-0.2, -0.15) is 26.3 Å². The highest BCUT2D eigenvalue weighted by molar-refractivity contribution is 5.68. The van der Waals surface area contributed by atoms with E-state index in [0.717, 1.165) is 54.6 Å². The number of hydrogen-bond acceptors (Lipinski definition) is 2. The average Bonchev–Trinajstić information content (AvgIpc) is 3.86. The van der Waals surface area contributed by atoms with Gasteiger partial charge in [0.05, 0.1) is 11.1 Å². The summed E-state index contributed by atoms with van der Waals surface area (Å²) < 4.78 is 79.8. The number of piperidine rings is 2. The van der Waals surface area contributed by atoms with Crippen molar-refractivity contribution in [1.82, 2.24) is 9.80 Å². The van der Waals surface area contributed by atoms with E-state index in [0.29, 0.717) is 47.8 Å². The van der Waals surface area contributed by atoms with E-state index in [1.807, 2.05) is 0 Å². The molecule has 4 aromatic carbocycles. The maximum absolute atomic E-state index is 13.3. The van der Waals surface area contributed by atoms with E-state index < -0.39 is 23.5 Å². The molecule has 2 nitrogen and oxygen atoms in total. The van der Waals surface area contributed by atoms with E-state index in [1.54, 1.807) is 24.3 Å². The lowest BCUT2D eigenvalue weighted by Gasteiger charge is -2.55. The Hall–Kier alpha value is -3.62. The molecule has 2 heterocycles. The molecule has 10 rings (SSSR count). The molecular weight excluding hydrogens is 682 g/mol. The standard InChI is InChI=1S/C45H44F6N2/c46-44(47,48)31-11-5-26(6-12-31)28-9-15-34-30-19-20-52(42(23-30)38(34)21-28)41-18-17-36(41)40-25-53(33-3-1-2-4-33)43-24-37(40)35-16-10-29(22-39(35)43)27-7-13-32(14-8-27)45(49,50)51/h5-16,21-22,30,33,36-37,40-43H,1-4,17-20,23-25H2. The van der Waals surface area contributed by atoms with E-state index in [2.05, 4.69) is 46.2 Å². The number of likely N-dealkylation sites (tertiary alicyclic amines) is 2. The Bertz CT molecular complexity index is 2010. The number of nitrogens with zero attached hydrogens (tertiary/aromatic N) is 2. The smallest absolute Gasteiger partial charge is 0.293 e. The molecular formula is C45H44F6N2. The zero-order valence-corrected chi connectivity index (χ0v) is 29.6. The number of hydrogen-bond donors (Lipinski definition) is 0. The Kier molecular flexibility index (Phi) is 7.97. The molecule has 4 aromatic rings. The molecule has 4 aliphatic carbocycles. The predicted octanol–water partition coefficient (Wildman–Crippen LogP) is 12.2. The van der Waals surface area contributed by atoms with Gasteiger partial charge in [0, 0.05) is 30.7 Å². The fourth-order valence-electron chi connectivity index (χ4n) is 11.7. The van der Waals surface area contributed by atoms with Crippen molar-refractivity contribution in [2.45, 2.75) is 106 Å². The minimum absolute atomic E-state index is 0.343. The summed E-state index contributed by atoms with van der Waals surface area (Å²) in [6, 6.07) is 26.3. The van der Waals surface area contributed by atoms with Gasteiger partial charge in [0.1, 0.15) is 0 Å². The van der Waals surface area contributed by atoms with E-state index in [1.165, 1.54) is 85.0 Å². The maximum Gasteiger partial charge on any atom is 0.416 e. The molecule has 2 saturated carbocycles. The van der Waals surface area contributed by atoms with Crippen molar-refractivity contribution < 1.29 is 26.3 Å². The first kappa shape index (κ1) is 33.9. The molecule has 0 radical (unpaired) electrons. The number of halogens is 6. The molecule has 4 bridgehead atoms. The highest BCUT2D eigenvalue weighted by Crippen LogP contribution is 2.60. The molecule has 0 spiro atoms. The van der Waals surface area contributed by atoms with E-state index in [4.69, 9.17) is 0 Å². The summed E-state index contributed by atoms with van der Waals surface area (Å²) in [6.45, 7) is 2.20. The normalized spacial score (nSPS) is 30.0. The summed E-state index contributed by atoms with van der Waals surface area (Å²) in [5, 5.41) is 0. The molecule has 6 aliphatic rings. The lowest BCUT2D eigenvalue weighted by Crippen LogP contribution is -2.56. The molecule has 276 valence electrons. The molecule has 8 heteroatoms. The quantitative estimate of drug-likeness (QED) is 0.189. The molecule has 7 unspecified atom stereocenters. The monoisotopic (exact) mass is 726 g/mol. The summed E-state index contributed by atoms with van der Waals surface area (Å²) in [6.07, 6.45) is 2.16. The van der Waals surface area contributed by atoms with Crippen LogP contribution in [0.1, 0.15) is 115 Å². The number of fused-ring (bicyclic) bond motifs is 10. The van der Waals surface area contributed by atoms with Crippen LogP contribution in [0, 0.1) is 11.8 Å². The fraction of sp³-hybridized carbons (Fsp3) is 0.467. The first-order valence-corrected chi connectivity index (χ1v) is 19.7. The summed E-state index contributed by atoms with van der Waals surface area (Å²) in [5.74, 6) is 2.19. The highest BCUT2D eigenvalue weighted by atomic mass is 19.4. The molecule has 7 atom stereocenters. The number of rotatable bonds is 5. The van der Waals surface area contributed by atoms with Gasteiger partial charge >= 0.3 is 12.4 Å². The van der Waals surface area contributed by atoms with Crippen LogP contribution in [0.5, 0.6) is 0 Å². The lowest BCUT2D eigenvalue weighted by atomic mass is 9.63. The van der Waals surface area contributed by atoms with Gasteiger partial charge in [0.2, 0.25) is 0 Å². The summed E-state index contributed by atoms with van der Waals surface area (Å²) >= 11 is 0. The third-order valence-corrected chi connectivity index (χ3v) is 14.3. The van der Waals surface area contributed by atoms with Crippen LogP contribution < -0.4 is 0 Å². The number of alkyl halides is 6. The van der Waals surface area contributed by atoms with Crippen LogP contribution in [-0.4, -0.2) is 35.0 Å². The minimum atomic E-state index is -4.35. The van der Waals surface area contributed by atoms with Gasteiger partial charge in [0.25, 0.3) is 0 Å². The van der Waals surface area contributed by atoms with E-state index in [-0.39, 0.29) is 0 Å². The zero-order chi connectivity index (χ0) is 36.2. The van der Waals surface area contributed by atoms with Crippen molar-refractivity contribution in [2.75, 3.05) is 13.1 Å². The summed E-state index contributed by atoms with van der Waals surface area (Å²) in [5.41, 5.74) is 8.02. The van der Waals surface area contributed by atoms with Crippen LogP contribution in [0.15, 0.2) is 84.9 Å². The Morgan fingerprint density at radius 2 is 1.04 bits per heavy atom. The van der Waals surface area contributed by atoms with Gasteiger partial charge in [-0.05, 0) is 156 Å². The summed E-state index contributed by atoms with van der Waals surface area (Å²) in [7, 11) is 0. The third kappa shape index (κ3) is 5.68. The largest absolute Gasteiger partial charge is 0.416 e. The van der Waals surface area contributed by atoms with Crippen LogP contribution in [-0.2, 0) is 12.4 Å². The molecule has 2 saturated heterocycles. The van der Waals surface area contributed by atoms with Crippen molar-refractivity contribution in [2.24, 2.45) is 11.8 Å². The van der Waals surface area contributed by atoms with Crippen LogP contribution in [0.3, 0.4) is 0 Å². The maximum atomic E-state index is 13.3. The van der Waals surface area contributed by atoms with Gasteiger partial charge in [-0.3, -0.25) is 9.80 Å². The summed E-state index contributed by atoms with van der Waals surface area (Å²) in [4.78, 5) is 5.67. The third-order valence-electron chi connectivity index (χ3n) is 14.3. The Morgan fingerprint density at radius 3 is 1.60 bits per heavy atom. The van der Waals surface area contributed by atoms with Crippen LogP contribution >= 0.6 is 0 Å². The fourth-order valence-corrected chi connectivity index (χ4v) is 11.7. The first-order valence-electron chi connectivity index (χ1n) is 19.7. The zero-order valence-electron chi connectivity index (χ0n) is 29.6. The molecule has 4 fully saturated rings. The van der Waals surface area contributed by atoms with Crippen molar-refractivity contribution in [3.8, 4) is 22.3 Å². The second-order valence-corrected chi connectivity index (χ2v) is 16.8. The van der Waals surface area contributed by atoms with Crippen LogP contribution in [0.2, 0.25) is 0 Å². The Labute approximate surface area is 307 Å². The molecule has 2 aliphatic heterocycles. The second kappa shape index (κ2) is 12.5. The molecule has 0 amide bonds. The number of benzene rings is 4. The Balaban J connectivity index is 0.937. The minimum Gasteiger partial charge on any atom is -0.293 e. The van der Waals surface area contributed by atoms with Crippen LogP contribution in [0.25, 0.3) is 22.3 Å². The lowest BCUT2D eigenvalue weighted by molar-refractivity contribution is -0.138. The topological polar surface area (TPSA) is 6.48 Å².